The Hall–Kier alpha value is 0.688. The van der Waals surface area contributed by atoms with Gasteiger partial charge in [-0.3, -0.25) is 0 Å². The quantitative estimate of drug-likeness (QED) is 0.278. The van der Waals surface area contributed by atoms with Gasteiger partial charge in [-0.25, -0.2) is 0 Å². The zero-order valence-corrected chi connectivity index (χ0v) is 20.4. The molecule has 0 spiro atoms. The average molecular weight is 538 g/mol. The summed E-state index contributed by atoms with van der Waals surface area (Å²) >= 11 is 0. The summed E-state index contributed by atoms with van der Waals surface area (Å²) in [5.41, 5.74) is 0. The van der Waals surface area contributed by atoms with E-state index in [-0.39, 0.29) is 21.1 Å². The van der Waals surface area contributed by atoms with E-state index < -0.39 is 0 Å². The van der Waals surface area contributed by atoms with Crippen LogP contribution in [0.4, 0.5) is 0 Å². The Balaban J connectivity index is 0.000000129. The summed E-state index contributed by atoms with van der Waals surface area (Å²) in [4.78, 5) is 0. The van der Waals surface area contributed by atoms with Gasteiger partial charge in [0.1, 0.15) is 0 Å². The molecule has 152 valence electrons. The van der Waals surface area contributed by atoms with Gasteiger partial charge in [0, 0.05) is 0 Å². The molecule has 0 aromatic rings. The molecule has 0 bridgehead atoms. The van der Waals surface area contributed by atoms with Crippen molar-refractivity contribution in [1.82, 2.24) is 0 Å². The second kappa shape index (κ2) is 9.66. The fraction of sp³-hybridized carbons (Fsp3) is 0.923. The van der Waals surface area contributed by atoms with Gasteiger partial charge in [-0.05, 0) is 0 Å². The van der Waals surface area contributed by atoms with E-state index in [9.17, 15) is 0 Å². The van der Waals surface area contributed by atoms with E-state index in [0.29, 0.717) is 0 Å². The Labute approximate surface area is 183 Å². The molecule has 6 aliphatic rings. The molecule has 6 rings (SSSR count). The Morgan fingerprint density at radius 3 is 0.815 bits per heavy atom. The molecule has 0 radical (unpaired) electrons. The van der Waals surface area contributed by atoms with Crippen LogP contribution in [-0.4, -0.2) is 0 Å². The van der Waals surface area contributed by atoms with Gasteiger partial charge in [0.25, 0.3) is 0 Å². The largest absolute Gasteiger partial charge is 2.00 e. The van der Waals surface area contributed by atoms with Crippen molar-refractivity contribution in [3.8, 4) is 0 Å². The Morgan fingerprint density at radius 1 is 0.333 bits per heavy atom. The second-order valence-corrected chi connectivity index (χ2v) is 10.8. The standard InChI is InChI=1S/2C13H21.W/c2*1-3-7-12-10(5-1)9-11-6-2-4-8-13(11)12;/h2*9-13H,1-8H2;/q2*-1;+2. The third-order valence-electron chi connectivity index (χ3n) is 9.59. The van der Waals surface area contributed by atoms with Crippen LogP contribution in [0.2, 0.25) is 0 Å². The van der Waals surface area contributed by atoms with E-state index in [1.807, 2.05) is 0 Å². The molecule has 27 heavy (non-hydrogen) atoms. The first kappa shape index (κ1) is 20.9. The van der Waals surface area contributed by atoms with Gasteiger partial charge >= 0.3 is 21.1 Å². The van der Waals surface area contributed by atoms with Crippen LogP contribution in [0.5, 0.6) is 0 Å². The molecule has 0 saturated heterocycles. The van der Waals surface area contributed by atoms with E-state index in [1.165, 1.54) is 77.0 Å². The summed E-state index contributed by atoms with van der Waals surface area (Å²) in [5.74, 6) is 8.67. The van der Waals surface area contributed by atoms with Gasteiger partial charge in [0.05, 0.1) is 0 Å². The normalized spacial score (nSPS) is 48.0. The van der Waals surface area contributed by atoms with Crippen molar-refractivity contribution in [3.05, 3.63) is 12.8 Å². The van der Waals surface area contributed by atoms with E-state index in [1.54, 1.807) is 25.7 Å². The molecule has 0 N–H and O–H groups in total. The van der Waals surface area contributed by atoms with E-state index in [0.717, 1.165) is 47.3 Å². The third kappa shape index (κ3) is 4.42. The molecule has 6 fully saturated rings. The molecule has 0 amide bonds. The maximum atomic E-state index is 2.76. The van der Waals surface area contributed by atoms with Gasteiger partial charge in [-0.15, -0.1) is 0 Å². The van der Waals surface area contributed by atoms with E-state index >= 15 is 0 Å². The van der Waals surface area contributed by atoms with Crippen LogP contribution in [0.15, 0.2) is 0 Å². The number of fused-ring (bicyclic) bond motifs is 6. The molecular weight excluding hydrogens is 496 g/mol. The molecule has 0 heterocycles. The topological polar surface area (TPSA) is 0 Å². The van der Waals surface area contributed by atoms with Crippen LogP contribution < -0.4 is 0 Å². The van der Waals surface area contributed by atoms with Gasteiger partial charge in [0.2, 0.25) is 0 Å². The van der Waals surface area contributed by atoms with Crippen molar-refractivity contribution in [1.29, 1.82) is 0 Å². The first-order valence-corrected chi connectivity index (χ1v) is 12.6. The van der Waals surface area contributed by atoms with Crippen LogP contribution in [0.3, 0.4) is 0 Å². The third-order valence-corrected chi connectivity index (χ3v) is 9.59. The molecule has 1 heteroatoms. The number of hydrogen-bond acceptors (Lipinski definition) is 0. The molecule has 0 aromatic heterocycles. The second-order valence-electron chi connectivity index (χ2n) is 10.8. The fourth-order valence-electron chi connectivity index (χ4n) is 8.47. The predicted molar refractivity (Wildman–Crippen MR) is 110 cm³/mol. The summed E-state index contributed by atoms with van der Waals surface area (Å²) < 4.78 is 0. The van der Waals surface area contributed by atoms with Crippen molar-refractivity contribution in [2.45, 2.75) is 103 Å². The molecule has 6 saturated carbocycles. The Morgan fingerprint density at radius 2 is 0.556 bits per heavy atom. The molecule has 8 unspecified atom stereocenters. The Bertz CT molecular complexity index is 377. The maximum absolute atomic E-state index is 2.76. The maximum Gasteiger partial charge on any atom is 2.00 e. The molecular formula is C26H42W. The molecule has 0 aromatic carbocycles. The molecule has 0 nitrogen and oxygen atoms in total. The first-order chi connectivity index (χ1) is 12.9. The summed E-state index contributed by atoms with van der Waals surface area (Å²) in [6, 6.07) is 0. The van der Waals surface area contributed by atoms with Crippen LogP contribution in [0.25, 0.3) is 0 Å². The predicted octanol–water partition coefficient (Wildman–Crippen LogP) is 7.63. The number of hydrogen-bond donors (Lipinski definition) is 0. The van der Waals surface area contributed by atoms with Gasteiger partial charge < -0.3 is 12.8 Å². The minimum absolute atomic E-state index is 0. The van der Waals surface area contributed by atoms with Crippen molar-refractivity contribution in [2.75, 3.05) is 0 Å². The van der Waals surface area contributed by atoms with E-state index in [2.05, 4.69) is 12.8 Å². The van der Waals surface area contributed by atoms with Crippen molar-refractivity contribution in [2.24, 2.45) is 47.3 Å². The van der Waals surface area contributed by atoms with Gasteiger partial charge in [0.15, 0.2) is 0 Å². The van der Waals surface area contributed by atoms with Crippen LogP contribution >= 0.6 is 0 Å². The first-order valence-electron chi connectivity index (χ1n) is 12.6. The number of rotatable bonds is 0. The minimum Gasteiger partial charge on any atom is -0.322 e. The van der Waals surface area contributed by atoms with Crippen LogP contribution in [0.1, 0.15) is 103 Å². The minimum atomic E-state index is 0. The SMILES string of the molecule is [CH-]1C2CCCCC2C2CCCCC12.[CH-]1C2CCCCC2C2CCCCC12.[W+2]. The van der Waals surface area contributed by atoms with Crippen LogP contribution in [0, 0.1) is 60.2 Å². The van der Waals surface area contributed by atoms with Crippen molar-refractivity contribution < 1.29 is 21.1 Å². The summed E-state index contributed by atoms with van der Waals surface area (Å²) in [6.45, 7) is 0. The molecule has 6 aliphatic carbocycles. The van der Waals surface area contributed by atoms with Crippen LogP contribution in [-0.2, 0) is 21.1 Å². The fourth-order valence-corrected chi connectivity index (χ4v) is 8.47. The zero-order chi connectivity index (χ0) is 17.3. The Kier molecular flexibility index (Phi) is 7.50. The van der Waals surface area contributed by atoms with Gasteiger partial charge in [-0.2, -0.15) is 23.7 Å². The molecule has 0 aliphatic heterocycles. The average Bonchev–Trinajstić information content (AvgIpc) is 3.27. The van der Waals surface area contributed by atoms with Crippen molar-refractivity contribution >= 4 is 0 Å². The van der Waals surface area contributed by atoms with Gasteiger partial charge in [-0.1, -0.05) is 126 Å². The summed E-state index contributed by atoms with van der Waals surface area (Å²) in [6.07, 6.45) is 30.0. The zero-order valence-electron chi connectivity index (χ0n) is 17.5. The summed E-state index contributed by atoms with van der Waals surface area (Å²) in [7, 11) is 0. The monoisotopic (exact) mass is 538 g/mol. The molecule has 8 atom stereocenters. The van der Waals surface area contributed by atoms with Crippen molar-refractivity contribution in [3.63, 3.8) is 0 Å². The smallest absolute Gasteiger partial charge is 0.322 e. The van der Waals surface area contributed by atoms with E-state index in [4.69, 9.17) is 0 Å². The summed E-state index contributed by atoms with van der Waals surface area (Å²) in [5, 5.41) is 0.